The summed E-state index contributed by atoms with van der Waals surface area (Å²) >= 11 is 4.82. The largest absolute Gasteiger partial charge is 0.591 e. The van der Waals surface area contributed by atoms with Crippen LogP contribution in [0, 0.1) is 5.92 Å². The fourth-order valence-corrected chi connectivity index (χ4v) is 3.66. The highest BCUT2D eigenvalue weighted by atomic mass is 35.5. The maximum Gasteiger partial charge on any atom is 0.248 e. The van der Waals surface area contributed by atoms with Gasteiger partial charge in [0, 0.05) is 36.1 Å². The number of nitrogens with one attached hydrogen (secondary N) is 1. The Hall–Kier alpha value is -1.35. The standard InChI is InChI=1S/C19H23ClF2N2O3S/c1-18(2,3)28(26)23-9-13-4-12-5-14(20)16(6-15(12)24-17(13)25)27-10-11-7-19(21,22)8-11/h4-6,9,11,17,24-25H,7-8,10H2,1-3H3/b23-9+. The third kappa shape index (κ3) is 4.97. The van der Waals surface area contributed by atoms with Crippen LogP contribution < -0.4 is 10.1 Å². The number of rotatable bonds is 5. The van der Waals surface area contributed by atoms with Crippen molar-refractivity contribution in [2.75, 3.05) is 11.9 Å². The van der Waals surface area contributed by atoms with Crippen LogP contribution in [0.15, 0.2) is 22.1 Å². The van der Waals surface area contributed by atoms with E-state index in [1.54, 1.807) is 18.2 Å². The number of anilines is 1. The Morgan fingerprint density at radius 2 is 2.11 bits per heavy atom. The van der Waals surface area contributed by atoms with Crippen molar-refractivity contribution in [2.45, 2.75) is 50.5 Å². The molecule has 154 valence electrons. The topological polar surface area (TPSA) is 76.9 Å². The second kappa shape index (κ2) is 7.82. The Morgan fingerprint density at radius 1 is 1.43 bits per heavy atom. The van der Waals surface area contributed by atoms with Crippen LogP contribution in [0.3, 0.4) is 0 Å². The van der Waals surface area contributed by atoms with Crippen molar-refractivity contribution in [3.8, 4) is 5.75 Å². The summed E-state index contributed by atoms with van der Waals surface area (Å²) in [5.41, 5.74) is 1.76. The van der Waals surface area contributed by atoms with Gasteiger partial charge in [0.15, 0.2) is 6.23 Å². The molecule has 1 aromatic rings. The van der Waals surface area contributed by atoms with Crippen molar-refractivity contribution in [3.05, 3.63) is 28.3 Å². The van der Waals surface area contributed by atoms with E-state index in [1.165, 1.54) is 6.21 Å². The van der Waals surface area contributed by atoms with E-state index in [9.17, 15) is 18.4 Å². The van der Waals surface area contributed by atoms with Crippen molar-refractivity contribution < 1.29 is 23.2 Å². The molecule has 2 aliphatic rings. The first-order valence-corrected chi connectivity index (χ1v) is 10.4. The fourth-order valence-electron chi connectivity index (χ4n) is 2.90. The highest BCUT2D eigenvalue weighted by molar-refractivity contribution is 7.91. The van der Waals surface area contributed by atoms with Gasteiger partial charge in [-0.05, 0) is 38.5 Å². The molecule has 0 saturated heterocycles. The maximum atomic E-state index is 12.9. The number of halogens is 3. The van der Waals surface area contributed by atoms with Gasteiger partial charge < -0.3 is 19.7 Å². The molecule has 9 heteroatoms. The number of aliphatic hydroxyl groups is 1. The van der Waals surface area contributed by atoms with E-state index in [-0.39, 0.29) is 25.4 Å². The predicted octanol–water partition coefficient (Wildman–Crippen LogP) is 4.42. The molecule has 1 saturated carbocycles. The van der Waals surface area contributed by atoms with E-state index in [4.69, 9.17) is 16.3 Å². The minimum absolute atomic E-state index is 0.170. The van der Waals surface area contributed by atoms with Crippen molar-refractivity contribution in [3.63, 3.8) is 0 Å². The minimum Gasteiger partial charge on any atom is -0.591 e. The molecule has 1 heterocycles. The van der Waals surface area contributed by atoms with E-state index >= 15 is 0 Å². The normalized spacial score (nSPS) is 22.9. The summed E-state index contributed by atoms with van der Waals surface area (Å²) in [5.74, 6) is -2.40. The smallest absolute Gasteiger partial charge is 0.248 e. The summed E-state index contributed by atoms with van der Waals surface area (Å²) in [4.78, 5) is 0. The van der Waals surface area contributed by atoms with Crippen LogP contribution in [-0.4, -0.2) is 39.4 Å². The van der Waals surface area contributed by atoms with Crippen molar-refractivity contribution in [1.82, 2.24) is 0 Å². The van der Waals surface area contributed by atoms with Gasteiger partial charge in [0.05, 0.1) is 17.8 Å². The summed E-state index contributed by atoms with van der Waals surface area (Å²) in [7, 11) is 0. The molecular formula is C19H23ClF2N2O3S. The van der Waals surface area contributed by atoms with Crippen LogP contribution in [0.5, 0.6) is 5.75 Å². The number of alkyl halides is 2. The molecule has 0 radical (unpaired) electrons. The molecule has 1 aliphatic heterocycles. The lowest BCUT2D eigenvalue weighted by molar-refractivity contribution is -0.119. The van der Waals surface area contributed by atoms with Gasteiger partial charge in [-0.15, -0.1) is 0 Å². The van der Waals surface area contributed by atoms with E-state index < -0.39 is 28.3 Å². The molecule has 3 rings (SSSR count). The first kappa shape index (κ1) is 21.4. The molecule has 1 aliphatic carbocycles. The summed E-state index contributed by atoms with van der Waals surface area (Å²) < 4.78 is 47.0. The summed E-state index contributed by atoms with van der Waals surface area (Å²) in [6.45, 7) is 5.60. The fraction of sp³-hybridized carbons (Fsp3) is 0.526. The predicted molar refractivity (Wildman–Crippen MR) is 109 cm³/mol. The summed E-state index contributed by atoms with van der Waals surface area (Å²) in [6, 6.07) is 3.30. The minimum atomic E-state index is -2.58. The third-order valence-electron chi connectivity index (χ3n) is 4.50. The van der Waals surface area contributed by atoms with Crippen molar-refractivity contribution >= 4 is 40.9 Å². The highest BCUT2D eigenvalue weighted by Gasteiger charge is 2.45. The molecule has 0 amide bonds. The average molecular weight is 433 g/mol. The van der Waals surface area contributed by atoms with Crippen LogP contribution in [0.4, 0.5) is 14.5 Å². The van der Waals surface area contributed by atoms with E-state index in [2.05, 4.69) is 9.71 Å². The van der Waals surface area contributed by atoms with Gasteiger partial charge in [0.2, 0.25) is 5.92 Å². The average Bonchev–Trinajstić information content (AvgIpc) is 2.55. The molecular weight excluding hydrogens is 410 g/mol. The van der Waals surface area contributed by atoms with Crippen molar-refractivity contribution in [2.24, 2.45) is 10.3 Å². The first-order chi connectivity index (χ1) is 12.9. The molecule has 0 bridgehead atoms. The molecule has 2 unspecified atom stereocenters. The molecule has 2 atom stereocenters. The number of nitrogens with zero attached hydrogens (tertiary/aromatic N) is 1. The molecule has 2 N–H and O–H groups in total. The van der Waals surface area contributed by atoms with Gasteiger partial charge in [-0.2, -0.15) is 0 Å². The zero-order chi connectivity index (χ0) is 20.7. The van der Waals surface area contributed by atoms with Crippen LogP contribution in [-0.2, 0) is 11.4 Å². The number of fused-ring (bicyclic) bond motifs is 1. The molecule has 5 nitrogen and oxygen atoms in total. The molecule has 1 fully saturated rings. The Bertz CT molecular complexity index is 803. The van der Waals surface area contributed by atoms with Crippen LogP contribution >= 0.6 is 11.6 Å². The zero-order valence-corrected chi connectivity index (χ0v) is 17.4. The van der Waals surface area contributed by atoms with Crippen LogP contribution in [0.2, 0.25) is 5.02 Å². The lowest BCUT2D eigenvalue weighted by Gasteiger charge is -2.34. The van der Waals surface area contributed by atoms with Gasteiger partial charge in [-0.3, -0.25) is 0 Å². The van der Waals surface area contributed by atoms with Gasteiger partial charge in [0.25, 0.3) is 0 Å². The Labute approximate surface area is 171 Å². The lowest BCUT2D eigenvalue weighted by atomic mass is 9.82. The molecule has 0 aromatic heterocycles. The zero-order valence-electron chi connectivity index (χ0n) is 15.8. The summed E-state index contributed by atoms with van der Waals surface area (Å²) in [6.07, 6.45) is 1.70. The van der Waals surface area contributed by atoms with Gasteiger partial charge in [-0.1, -0.05) is 16.0 Å². The monoisotopic (exact) mass is 432 g/mol. The molecule has 1 aromatic carbocycles. The lowest BCUT2D eigenvalue weighted by Crippen LogP contribution is -2.38. The van der Waals surface area contributed by atoms with Gasteiger partial charge in [-0.25, -0.2) is 8.78 Å². The third-order valence-corrected chi connectivity index (χ3v) is 6.14. The Morgan fingerprint density at radius 3 is 2.71 bits per heavy atom. The van der Waals surface area contributed by atoms with Crippen molar-refractivity contribution in [1.29, 1.82) is 0 Å². The second-order valence-corrected chi connectivity index (χ2v) is 10.4. The SMILES string of the molecule is CC(C)(C)[S+]([O-])/N=C/C1=Cc2cc(Cl)c(OCC3CC(F)(F)C3)cc2NC1O. The number of hydrogen-bond acceptors (Lipinski definition) is 5. The van der Waals surface area contributed by atoms with E-state index in [1.807, 2.05) is 20.8 Å². The Balaban J connectivity index is 1.72. The maximum absolute atomic E-state index is 12.9. The highest BCUT2D eigenvalue weighted by Crippen LogP contribution is 2.43. The number of ether oxygens (including phenoxy) is 1. The molecule has 28 heavy (non-hydrogen) atoms. The number of hydrogen-bond donors (Lipinski definition) is 2. The van der Waals surface area contributed by atoms with E-state index in [0.29, 0.717) is 27.6 Å². The molecule has 0 spiro atoms. The van der Waals surface area contributed by atoms with Gasteiger partial charge in [0.1, 0.15) is 21.9 Å². The first-order valence-electron chi connectivity index (χ1n) is 8.91. The van der Waals surface area contributed by atoms with Crippen LogP contribution in [0.25, 0.3) is 6.08 Å². The second-order valence-electron chi connectivity index (χ2n) is 8.10. The van der Waals surface area contributed by atoms with Gasteiger partial charge >= 0.3 is 0 Å². The number of benzene rings is 1. The quantitative estimate of drug-likeness (QED) is 0.533. The number of aliphatic hydroxyl groups excluding tert-OH is 1. The summed E-state index contributed by atoms with van der Waals surface area (Å²) in [5, 5.41) is 13.5. The Kier molecular flexibility index (Phi) is 5.96. The van der Waals surface area contributed by atoms with E-state index in [0.717, 1.165) is 0 Å². The van der Waals surface area contributed by atoms with Crippen LogP contribution in [0.1, 0.15) is 39.2 Å².